The topological polar surface area (TPSA) is 44.1 Å². The van der Waals surface area contributed by atoms with Crippen LogP contribution < -0.4 is 0 Å². The largest absolute Gasteiger partial charge is 0.327 e. The number of hydrogen-bond donors (Lipinski definition) is 0. The molecule has 3 heteroatoms. The standard InChI is InChI=1S/C18H26N2O/c19-12-16-3-1-2-4-20(16)17(21)11-18-8-13-5-14(9-18)7-15(6-13)10-18/h13-16H,1-11H2. The van der Waals surface area contributed by atoms with Crippen LogP contribution in [0.2, 0.25) is 0 Å². The highest BCUT2D eigenvalue weighted by Gasteiger charge is 2.52. The first-order valence-electron chi connectivity index (χ1n) is 8.86. The van der Waals surface area contributed by atoms with E-state index >= 15 is 0 Å². The number of rotatable bonds is 2. The van der Waals surface area contributed by atoms with E-state index in [0.29, 0.717) is 5.41 Å². The third-order valence-corrected chi connectivity index (χ3v) is 6.66. The average Bonchev–Trinajstić information content (AvgIpc) is 2.45. The number of nitriles is 1. The second-order valence-corrected chi connectivity index (χ2v) is 8.32. The summed E-state index contributed by atoms with van der Waals surface area (Å²) < 4.78 is 0. The fourth-order valence-corrected chi connectivity index (χ4v) is 6.29. The highest BCUT2D eigenvalue weighted by Crippen LogP contribution is 2.61. The van der Waals surface area contributed by atoms with Crippen molar-refractivity contribution in [3.05, 3.63) is 0 Å². The molecule has 4 aliphatic carbocycles. The molecule has 21 heavy (non-hydrogen) atoms. The summed E-state index contributed by atoms with van der Waals surface area (Å²) in [5, 5.41) is 9.30. The zero-order valence-corrected chi connectivity index (χ0v) is 12.9. The third-order valence-electron chi connectivity index (χ3n) is 6.66. The summed E-state index contributed by atoms with van der Waals surface area (Å²) in [5.74, 6) is 2.98. The maximum absolute atomic E-state index is 12.8. The summed E-state index contributed by atoms with van der Waals surface area (Å²) >= 11 is 0. The Labute approximate surface area is 127 Å². The van der Waals surface area contributed by atoms with Crippen LogP contribution in [0.3, 0.4) is 0 Å². The molecule has 4 saturated carbocycles. The molecule has 0 radical (unpaired) electrons. The minimum atomic E-state index is -0.153. The molecule has 1 saturated heterocycles. The predicted molar refractivity (Wildman–Crippen MR) is 80.2 cm³/mol. The van der Waals surface area contributed by atoms with Gasteiger partial charge < -0.3 is 4.90 Å². The lowest BCUT2D eigenvalue weighted by molar-refractivity contribution is -0.141. The van der Waals surface area contributed by atoms with Crippen LogP contribution in [-0.2, 0) is 4.79 Å². The van der Waals surface area contributed by atoms with Gasteiger partial charge in [0.2, 0.25) is 5.91 Å². The van der Waals surface area contributed by atoms with Gasteiger partial charge in [0.1, 0.15) is 6.04 Å². The molecule has 0 spiro atoms. The fraction of sp³-hybridized carbons (Fsp3) is 0.889. The van der Waals surface area contributed by atoms with E-state index in [4.69, 9.17) is 0 Å². The van der Waals surface area contributed by atoms with Crippen LogP contribution in [0.15, 0.2) is 0 Å². The lowest BCUT2D eigenvalue weighted by Gasteiger charge is -2.57. The van der Waals surface area contributed by atoms with Gasteiger partial charge in [-0.3, -0.25) is 4.79 Å². The number of likely N-dealkylation sites (tertiary alicyclic amines) is 1. The van der Waals surface area contributed by atoms with Crippen molar-refractivity contribution in [1.82, 2.24) is 4.90 Å². The lowest BCUT2D eigenvalue weighted by atomic mass is 9.49. The van der Waals surface area contributed by atoms with E-state index in [1.54, 1.807) is 0 Å². The Morgan fingerprint density at radius 1 is 1.10 bits per heavy atom. The minimum Gasteiger partial charge on any atom is -0.327 e. The molecule has 1 aliphatic heterocycles. The molecule has 114 valence electrons. The third kappa shape index (κ3) is 2.37. The Morgan fingerprint density at radius 3 is 2.29 bits per heavy atom. The van der Waals surface area contributed by atoms with Crippen LogP contribution in [0.1, 0.15) is 64.2 Å². The Bertz CT molecular complexity index is 443. The first-order chi connectivity index (χ1) is 10.2. The number of nitrogens with zero attached hydrogens (tertiary/aromatic N) is 2. The summed E-state index contributed by atoms with van der Waals surface area (Å²) in [7, 11) is 0. The number of carbonyl (C=O) groups is 1. The van der Waals surface area contributed by atoms with Crippen molar-refractivity contribution >= 4 is 5.91 Å². The van der Waals surface area contributed by atoms with Crippen molar-refractivity contribution in [2.45, 2.75) is 70.3 Å². The molecule has 3 nitrogen and oxygen atoms in total. The summed E-state index contributed by atoms with van der Waals surface area (Å²) in [5.41, 5.74) is 0.309. The van der Waals surface area contributed by atoms with Crippen molar-refractivity contribution in [1.29, 1.82) is 5.26 Å². The molecular formula is C18H26N2O. The molecule has 5 aliphatic rings. The molecule has 0 aromatic heterocycles. The van der Waals surface area contributed by atoms with Gasteiger partial charge in [-0.25, -0.2) is 0 Å². The molecule has 0 aromatic rings. The second kappa shape index (κ2) is 5.00. The van der Waals surface area contributed by atoms with Crippen LogP contribution in [0.25, 0.3) is 0 Å². The Balaban J connectivity index is 1.48. The van der Waals surface area contributed by atoms with Gasteiger partial charge in [0.05, 0.1) is 6.07 Å². The van der Waals surface area contributed by atoms with Crippen LogP contribution in [0.5, 0.6) is 0 Å². The van der Waals surface area contributed by atoms with E-state index < -0.39 is 0 Å². The van der Waals surface area contributed by atoms with Crippen molar-refractivity contribution in [3.8, 4) is 6.07 Å². The highest BCUT2D eigenvalue weighted by atomic mass is 16.2. The normalized spacial score (nSPS) is 44.6. The average molecular weight is 286 g/mol. The van der Waals surface area contributed by atoms with E-state index in [2.05, 4.69) is 6.07 Å². The number of amides is 1. The summed E-state index contributed by atoms with van der Waals surface area (Å²) in [6.45, 7) is 0.809. The van der Waals surface area contributed by atoms with Crippen LogP contribution in [-0.4, -0.2) is 23.4 Å². The van der Waals surface area contributed by atoms with E-state index in [0.717, 1.165) is 50.0 Å². The van der Waals surface area contributed by atoms with Crippen molar-refractivity contribution in [2.24, 2.45) is 23.2 Å². The zero-order valence-electron chi connectivity index (χ0n) is 12.9. The first kappa shape index (κ1) is 13.6. The fourth-order valence-electron chi connectivity index (χ4n) is 6.29. The quantitative estimate of drug-likeness (QED) is 0.780. The smallest absolute Gasteiger partial charge is 0.224 e. The molecule has 1 heterocycles. The maximum atomic E-state index is 12.8. The van der Waals surface area contributed by atoms with Crippen LogP contribution in [0.4, 0.5) is 0 Å². The number of hydrogen-bond acceptors (Lipinski definition) is 2. The van der Waals surface area contributed by atoms with E-state index in [1.165, 1.54) is 38.5 Å². The Hall–Kier alpha value is -1.04. The monoisotopic (exact) mass is 286 g/mol. The van der Waals surface area contributed by atoms with Crippen molar-refractivity contribution in [2.75, 3.05) is 6.54 Å². The van der Waals surface area contributed by atoms with Gasteiger partial charge in [-0.05, 0) is 81.0 Å². The summed E-state index contributed by atoms with van der Waals surface area (Å²) in [6.07, 6.45) is 11.9. The van der Waals surface area contributed by atoms with Gasteiger partial charge in [-0.2, -0.15) is 5.26 Å². The zero-order chi connectivity index (χ0) is 14.4. The molecule has 4 bridgehead atoms. The molecule has 0 aromatic carbocycles. The van der Waals surface area contributed by atoms with Gasteiger partial charge in [-0.15, -0.1) is 0 Å². The molecule has 1 amide bonds. The molecule has 5 rings (SSSR count). The molecule has 1 unspecified atom stereocenters. The summed E-state index contributed by atoms with van der Waals surface area (Å²) in [6, 6.07) is 2.20. The van der Waals surface area contributed by atoms with Gasteiger partial charge in [0.25, 0.3) is 0 Å². The first-order valence-corrected chi connectivity index (χ1v) is 8.86. The Morgan fingerprint density at radius 2 is 1.71 bits per heavy atom. The highest BCUT2D eigenvalue weighted by molar-refractivity contribution is 5.78. The Kier molecular flexibility index (Phi) is 3.24. The van der Waals surface area contributed by atoms with Gasteiger partial charge in [0.15, 0.2) is 0 Å². The van der Waals surface area contributed by atoms with Gasteiger partial charge in [-0.1, -0.05) is 0 Å². The van der Waals surface area contributed by atoms with Crippen molar-refractivity contribution in [3.63, 3.8) is 0 Å². The molecule has 5 fully saturated rings. The predicted octanol–water partition coefficient (Wildman–Crippen LogP) is 3.50. The molecule has 0 N–H and O–H groups in total. The van der Waals surface area contributed by atoms with Crippen LogP contribution >= 0.6 is 0 Å². The maximum Gasteiger partial charge on any atom is 0.224 e. The SMILES string of the molecule is N#CC1CCCCN1C(=O)CC12CC3CC(CC(C3)C1)C2. The number of carbonyl (C=O) groups excluding carboxylic acids is 1. The van der Waals surface area contributed by atoms with E-state index in [-0.39, 0.29) is 11.9 Å². The lowest BCUT2D eigenvalue weighted by Crippen LogP contribution is -2.50. The van der Waals surface area contributed by atoms with Crippen LogP contribution in [0, 0.1) is 34.5 Å². The van der Waals surface area contributed by atoms with Crippen molar-refractivity contribution < 1.29 is 4.79 Å². The molecular weight excluding hydrogens is 260 g/mol. The second-order valence-electron chi connectivity index (χ2n) is 8.32. The van der Waals surface area contributed by atoms with Gasteiger partial charge in [0, 0.05) is 13.0 Å². The minimum absolute atomic E-state index is 0.153. The summed E-state index contributed by atoms with van der Waals surface area (Å²) in [4.78, 5) is 14.7. The number of piperidine rings is 1. The molecule has 1 atom stereocenters. The van der Waals surface area contributed by atoms with E-state index in [1.807, 2.05) is 4.90 Å². The van der Waals surface area contributed by atoms with Gasteiger partial charge >= 0.3 is 0 Å². The van der Waals surface area contributed by atoms with E-state index in [9.17, 15) is 10.1 Å².